The molecule has 1 saturated heterocycles. The second-order valence-electron chi connectivity index (χ2n) is 4.88. The van der Waals surface area contributed by atoms with E-state index >= 15 is 0 Å². The molecule has 110 valence electrons. The maximum Gasteiger partial charge on any atom is 0.266 e. The molecule has 2 aromatic rings. The Labute approximate surface area is 130 Å². The molecule has 2 amide bonds. The first kappa shape index (κ1) is 14.2. The van der Waals surface area contributed by atoms with E-state index in [9.17, 15) is 9.59 Å². The molecule has 0 saturated carbocycles. The normalized spacial score (nSPS) is 18.7. The highest BCUT2D eigenvalue weighted by Gasteiger charge is 2.32. The van der Waals surface area contributed by atoms with E-state index in [0.29, 0.717) is 18.0 Å². The van der Waals surface area contributed by atoms with Crippen LogP contribution in [-0.4, -0.2) is 40.8 Å². The van der Waals surface area contributed by atoms with Crippen LogP contribution in [0.15, 0.2) is 17.5 Å². The molecule has 21 heavy (non-hydrogen) atoms. The van der Waals surface area contributed by atoms with Gasteiger partial charge in [-0.2, -0.15) is 0 Å². The minimum Gasteiger partial charge on any atom is -0.353 e. The standard InChI is InChI=1S/C14H15N3O2S2/c1-8-11(21-13(16-8)10-4-3-7-20-10)14(19)17-6-5-15-12(18)9(17)2/h3-4,7,9H,5-6H2,1-2H3,(H,15,18). The number of carbonyl (C=O) groups excluding carboxylic acids is 2. The van der Waals surface area contributed by atoms with Gasteiger partial charge in [-0.15, -0.1) is 22.7 Å². The van der Waals surface area contributed by atoms with Gasteiger partial charge in [0.15, 0.2) is 0 Å². The molecule has 7 heteroatoms. The van der Waals surface area contributed by atoms with Crippen LogP contribution >= 0.6 is 22.7 Å². The lowest BCUT2D eigenvalue weighted by atomic mass is 10.2. The van der Waals surface area contributed by atoms with E-state index in [2.05, 4.69) is 10.3 Å². The summed E-state index contributed by atoms with van der Waals surface area (Å²) in [6, 6.07) is 3.53. The number of carbonyl (C=O) groups is 2. The SMILES string of the molecule is Cc1nc(-c2cccs2)sc1C(=O)N1CCNC(=O)C1C. The monoisotopic (exact) mass is 321 g/mol. The molecule has 0 radical (unpaired) electrons. The van der Waals surface area contributed by atoms with Crippen LogP contribution in [0.25, 0.3) is 9.88 Å². The number of amides is 2. The van der Waals surface area contributed by atoms with Crippen molar-refractivity contribution in [3.63, 3.8) is 0 Å². The van der Waals surface area contributed by atoms with Crippen LogP contribution in [-0.2, 0) is 4.79 Å². The third kappa shape index (κ3) is 2.58. The second kappa shape index (κ2) is 5.57. The number of nitrogens with zero attached hydrogens (tertiary/aromatic N) is 2. The third-order valence-electron chi connectivity index (χ3n) is 3.48. The van der Waals surface area contributed by atoms with Crippen molar-refractivity contribution in [1.29, 1.82) is 0 Å². The maximum absolute atomic E-state index is 12.7. The van der Waals surface area contributed by atoms with Crippen molar-refractivity contribution in [2.24, 2.45) is 0 Å². The summed E-state index contributed by atoms with van der Waals surface area (Å²) in [5.74, 6) is -0.203. The van der Waals surface area contributed by atoms with E-state index in [4.69, 9.17) is 0 Å². The first-order valence-corrected chi connectivity index (χ1v) is 8.37. The van der Waals surface area contributed by atoms with Crippen molar-refractivity contribution in [3.05, 3.63) is 28.1 Å². The Morgan fingerprint density at radius 3 is 3.05 bits per heavy atom. The predicted molar refractivity (Wildman–Crippen MR) is 83.7 cm³/mol. The van der Waals surface area contributed by atoms with E-state index < -0.39 is 6.04 Å². The molecule has 1 fully saturated rings. The minimum absolute atomic E-state index is 0.102. The van der Waals surface area contributed by atoms with Gasteiger partial charge in [0, 0.05) is 13.1 Å². The van der Waals surface area contributed by atoms with Crippen LogP contribution < -0.4 is 5.32 Å². The summed E-state index contributed by atoms with van der Waals surface area (Å²) in [6.45, 7) is 4.64. The molecular formula is C14H15N3O2S2. The highest BCUT2D eigenvalue weighted by atomic mass is 32.1. The fourth-order valence-electron chi connectivity index (χ4n) is 2.29. The smallest absolute Gasteiger partial charge is 0.266 e. The zero-order valence-corrected chi connectivity index (χ0v) is 13.4. The van der Waals surface area contributed by atoms with Crippen molar-refractivity contribution in [3.8, 4) is 9.88 Å². The van der Waals surface area contributed by atoms with Crippen LogP contribution in [0.4, 0.5) is 0 Å². The molecular weight excluding hydrogens is 306 g/mol. The summed E-state index contributed by atoms with van der Waals surface area (Å²) >= 11 is 3.00. The summed E-state index contributed by atoms with van der Waals surface area (Å²) in [5.41, 5.74) is 0.728. The first-order valence-electron chi connectivity index (χ1n) is 6.68. The van der Waals surface area contributed by atoms with Crippen molar-refractivity contribution in [2.45, 2.75) is 19.9 Å². The quantitative estimate of drug-likeness (QED) is 0.922. The van der Waals surface area contributed by atoms with Crippen molar-refractivity contribution in [1.82, 2.24) is 15.2 Å². The Kier molecular flexibility index (Phi) is 3.77. The zero-order chi connectivity index (χ0) is 15.0. The molecule has 5 nitrogen and oxygen atoms in total. The number of hydrogen-bond acceptors (Lipinski definition) is 5. The van der Waals surface area contributed by atoms with E-state index in [1.165, 1.54) is 11.3 Å². The summed E-state index contributed by atoms with van der Waals surface area (Å²) in [5, 5.41) is 5.62. The fourth-order valence-corrected chi connectivity index (χ4v) is 4.11. The largest absolute Gasteiger partial charge is 0.353 e. The average molecular weight is 321 g/mol. The highest BCUT2D eigenvalue weighted by molar-refractivity contribution is 7.22. The zero-order valence-electron chi connectivity index (χ0n) is 11.8. The Morgan fingerprint density at radius 2 is 2.33 bits per heavy atom. The third-order valence-corrected chi connectivity index (χ3v) is 5.67. The molecule has 3 heterocycles. The molecule has 0 aromatic carbocycles. The van der Waals surface area contributed by atoms with Gasteiger partial charge >= 0.3 is 0 Å². The van der Waals surface area contributed by atoms with Gasteiger partial charge in [-0.3, -0.25) is 9.59 Å². The van der Waals surface area contributed by atoms with E-state index in [-0.39, 0.29) is 11.8 Å². The first-order chi connectivity index (χ1) is 10.1. The van der Waals surface area contributed by atoms with Crippen LogP contribution in [0.5, 0.6) is 0 Å². The van der Waals surface area contributed by atoms with E-state index in [0.717, 1.165) is 15.6 Å². The van der Waals surface area contributed by atoms with Gasteiger partial charge in [-0.1, -0.05) is 6.07 Å². The van der Waals surface area contributed by atoms with Crippen LogP contribution in [0.1, 0.15) is 22.3 Å². The number of thiophene rings is 1. The van der Waals surface area contributed by atoms with Crippen molar-refractivity contribution < 1.29 is 9.59 Å². The molecule has 0 bridgehead atoms. The molecule has 1 N–H and O–H groups in total. The maximum atomic E-state index is 12.7. The summed E-state index contributed by atoms with van der Waals surface area (Å²) in [4.78, 5) is 32.2. The van der Waals surface area contributed by atoms with Gasteiger partial charge in [-0.05, 0) is 25.3 Å². The number of thiazole rings is 1. The van der Waals surface area contributed by atoms with Crippen LogP contribution in [0.2, 0.25) is 0 Å². The minimum atomic E-state index is -0.432. The lowest BCUT2D eigenvalue weighted by molar-refractivity contribution is -0.127. The Morgan fingerprint density at radius 1 is 1.52 bits per heavy atom. The number of piperazine rings is 1. The predicted octanol–water partition coefficient (Wildman–Crippen LogP) is 2.14. The lowest BCUT2D eigenvalue weighted by Gasteiger charge is -2.32. The van der Waals surface area contributed by atoms with Gasteiger partial charge in [0.1, 0.15) is 15.9 Å². The lowest BCUT2D eigenvalue weighted by Crippen LogP contribution is -2.55. The highest BCUT2D eigenvalue weighted by Crippen LogP contribution is 2.32. The molecule has 2 aromatic heterocycles. The summed E-state index contributed by atoms with van der Waals surface area (Å²) in [6.07, 6.45) is 0. The van der Waals surface area contributed by atoms with Crippen LogP contribution in [0.3, 0.4) is 0 Å². The topological polar surface area (TPSA) is 62.3 Å². The molecule has 0 spiro atoms. The van der Waals surface area contributed by atoms with E-state index in [1.807, 2.05) is 24.4 Å². The van der Waals surface area contributed by atoms with Crippen LogP contribution in [0, 0.1) is 6.92 Å². The fraction of sp³-hybridized carbons (Fsp3) is 0.357. The average Bonchev–Trinajstić information content (AvgIpc) is 3.10. The molecule has 1 unspecified atom stereocenters. The number of rotatable bonds is 2. The number of aromatic nitrogens is 1. The molecule has 1 aliphatic rings. The number of aryl methyl sites for hydroxylation is 1. The Bertz CT molecular complexity index is 678. The Balaban J connectivity index is 1.90. The van der Waals surface area contributed by atoms with Gasteiger partial charge in [0.25, 0.3) is 5.91 Å². The number of hydrogen-bond donors (Lipinski definition) is 1. The van der Waals surface area contributed by atoms with Gasteiger partial charge < -0.3 is 10.2 Å². The van der Waals surface area contributed by atoms with E-state index in [1.54, 1.807) is 23.2 Å². The summed E-state index contributed by atoms with van der Waals surface area (Å²) in [7, 11) is 0. The summed E-state index contributed by atoms with van der Waals surface area (Å²) < 4.78 is 0. The van der Waals surface area contributed by atoms with Gasteiger partial charge in [0.05, 0.1) is 10.6 Å². The molecule has 1 atom stereocenters. The van der Waals surface area contributed by atoms with Gasteiger partial charge in [-0.25, -0.2) is 4.98 Å². The van der Waals surface area contributed by atoms with Crippen molar-refractivity contribution >= 4 is 34.5 Å². The Hall–Kier alpha value is -1.73. The molecule has 1 aliphatic heterocycles. The molecule has 3 rings (SSSR count). The van der Waals surface area contributed by atoms with Gasteiger partial charge in [0.2, 0.25) is 5.91 Å². The number of nitrogens with one attached hydrogen (secondary N) is 1. The second-order valence-corrected chi connectivity index (χ2v) is 6.82. The van der Waals surface area contributed by atoms with Crippen molar-refractivity contribution in [2.75, 3.05) is 13.1 Å². The molecule has 0 aliphatic carbocycles.